The number of hydrogen-bond acceptors (Lipinski definition) is 5. The van der Waals surface area contributed by atoms with Crippen LogP contribution in [-0.4, -0.2) is 38.3 Å². The van der Waals surface area contributed by atoms with Crippen molar-refractivity contribution >= 4 is 11.8 Å². The number of hydrogen-bond donors (Lipinski definition) is 1. The van der Waals surface area contributed by atoms with E-state index in [2.05, 4.69) is 24.0 Å². The van der Waals surface area contributed by atoms with Crippen molar-refractivity contribution in [2.45, 2.75) is 31.0 Å². The summed E-state index contributed by atoms with van der Waals surface area (Å²) < 4.78 is 21.5. The van der Waals surface area contributed by atoms with Crippen molar-refractivity contribution in [1.82, 2.24) is 14.8 Å². The molecule has 148 valence electrons. The monoisotopic (exact) mass is 401 g/mol. The van der Waals surface area contributed by atoms with Crippen molar-refractivity contribution < 1.29 is 14.2 Å². The first-order valence-electron chi connectivity index (χ1n) is 9.14. The molecule has 0 amide bonds. The number of aliphatic hydroxyl groups is 1. The fourth-order valence-corrected chi connectivity index (χ4v) is 3.63. The number of ether oxygens (including phenoxy) is 1. The van der Waals surface area contributed by atoms with Crippen LogP contribution < -0.4 is 4.74 Å². The fraction of sp³-hybridized carbons (Fsp3) is 0.333. The lowest BCUT2D eigenvalue weighted by molar-refractivity contribution is 0.125. The Morgan fingerprint density at radius 3 is 2.57 bits per heavy atom. The van der Waals surface area contributed by atoms with Gasteiger partial charge < -0.3 is 14.4 Å². The van der Waals surface area contributed by atoms with E-state index in [1.165, 1.54) is 17.8 Å². The summed E-state index contributed by atoms with van der Waals surface area (Å²) in [5.41, 5.74) is 1.52. The molecular weight excluding hydrogens is 377 g/mol. The Balaban J connectivity index is 1.59. The predicted octanol–water partition coefficient (Wildman–Crippen LogP) is 4.28. The fourth-order valence-electron chi connectivity index (χ4n) is 2.81. The standard InChI is InChI=1S/C21H24FN3O2S/c1-14(2)16-8-5-7-11-19(16)27-12-15(26)13-28-21-24-23-20(25(21)3)17-9-4-6-10-18(17)22/h4-11,14-15,26H,12-13H2,1-3H3. The number of benzene rings is 2. The highest BCUT2D eigenvalue weighted by atomic mass is 32.2. The highest BCUT2D eigenvalue weighted by molar-refractivity contribution is 7.99. The van der Waals surface area contributed by atoms with Gasteiger partial charge in [0.25, 0.3) is 0 Å². The minimum absolute atomic E-state index is 0.189. The van der Waals surface area contributed by atoms with Crippen LogP contribution in [0.15, 0.2) is 53.7 Å². The molecule has 3 aromatic rings. The molecule has 0 spiro atoms. The molecule has 1 N–H and O–H groups in total. The molecule has 3 rings (SSSR count). The minimum atomic E-state index is -0.668. The largest absolute Gasteiger partial charge is 0.491 e. The second-order valence-corrected chi connectivity index (χ2v) is 7.80. The zero-order valence-corrected chi connectivity index (χ0v) is 17.0. The smallest absolute Gasteiger partial charge is 0.191 e. The van der Waals surface area contributed by atoms with Crippen LogP contribution in [0, 0.1) is 5.82 Å². The van der Waals surface area contributed by atoms with Gasteiger partial charge in [0.2, 0.25) is 0 Å². The topological polar surface area (TPSA) is 60.2 Å². The molecule has 1 aromatic heterocycles. The van der Waals surface area contributed by atoms with Gasteiger partial charge in [-0.15, -0.1) is 10.2 Å². The van der Waals surface area contributed by atoms with Gasteiger partial charge in [0.1, 0.15) is 18.2 Å². The first-order chi connectivity index (χ1) is 13.5. The van der Waals surface area contributed by atoms with Gasteiger partial charge in [0.15, 0.2) is 11.0 Å². The number of nitrogens with zero attached hydrogens (tertiary/aromatic N) is 3. The van der Waals surface area contributed by atoms with E-state index in [0.29, 0.717) is 28.2 Å². The number of halogens is 1. The van der Waals surface area contributed by atoms with E-state index in [0.717, 1.165) is 11.3 Å². The summed E-state index contributed by atoms with van der Waals surface area (Å²) in [6.45, 7) is 4.40. The average molecular weight is 402 g/mol. The Labute approximate surface area is 168 Å². The van der Waals surface area contributed by atoms with Crippen molar-refractivity contribution in [2.24, 2.45) is 7.05 Å². The first kappa shape index (κ1) is 20.4. The van der Waals surface area contributed by atoms with Crippen molar-refractivity contribution in [3.05, 3.63) is 59.9 Å². The van der Waals surface area contributed by atoms with Crippen LogP contribution in [0.1, 0.15) is 25.3 Å². The van der Waals surface area contributed by atoms with Crippen LogP contribution in [0.5, 0.6) is 5.75 Å². The molecule has 0 aliphatic carbocycles. The molecule has 5 nitrogen and oxygen atoms in total. The molecule has 0 saturated heterocycles. The number of rotatable bonds is 8. The number of para-hydroxylation sites is 1. The molecule has 1 atom stereocenters. The summed E-state index contributed by atoms with van der Waals surface area (Å²) in [6, 6.07) is 14.3. The Morgan fingerprint density at radius 2 is 1.82 bits per heavy atom. The van der Waals surface area contributed by atoms with E-state index in [1.54, 1.807) is 29.8 Å². The summed E-state index contributed by atoms with van der Waals surface area (Å²) in [5, 5.41) is 19.1. The Morgan fingerprint density at radius 1 is 1.11 bits per heavy atom. The van der Waals surface area contributed by atoms with E-state index < -0.39 is 6.10 Å². The third kappa shape index (κ3) is 4.72. The SMILES string of the molecule is CC(C)c1ccccc1OCC(O)CSc1nnc(-c2ccccc2F)n1C. The van der Waals surface area contributed by atoms with E-state index in [-0.39, 0.29) is 12.4 Å². The maximum atomic E-state index is 14.0. The first-order valence-corrected chi connectivity index (χ1v) is 10.1. The third-order valence-corrected chi connectivity index (χ3v) is 5.49. The molecular formula is C21H24FN3O2S. The molecule has 28 heavy (non-hydrogen) atoms. The van der Waals surface area contributed by atoms with Crippen molar-refractivity contribution in [3.63, 3.8) is 0 Å². The molecule has 2 aromatic carbocycles. The summed E-state index contributed by atoms with van der Waals surface area (Å²) >= 11 is 1.36. The van der Waals surface area contributed by atoms with Crippen LogP contribution in [-0.2, 0) is 7.05 Å². The predicted molar refractivity (Wildman–Crippen MR) is 109 cm³/mol. The molecule has 1 unspecified atom stereocenters. The van der Waals surface area contributed by atoms with Crippen LogP contribution in [0.4, 0.5) is 4.39 Å². The lowest BCUT2D eigenvalue weighted by Crippen LogP contribution is -2.20. The molecule has 7 heteroatoms. The normalized spacial score (nSPS) is 12.4. The van der Waals surface area contributed by atoms with Crippen LogP contribution in [0.2, 0.25) is 0 Å². The van der Waals surface area contributed by atoms with Crippen LogP contribution in [0.3, 0.4) is 0 Å². The number of aromatic nitrogens is 3. The van der Waals surface area contributed by atoms with Gasteiger partial charge in [-0.3, -0.25) is 0 Å². The van der Waals surface area contributed by atoms with Gasteiger partial charge >= 0.3 is 0 Å². The summed E-state index contributed by atoms with van der Waals surface area (Å²) in [5.74, 6) is 1.65. The quantitative estimate of drug-likeness (QED) is 0.571. The maximum Gasteiger partial charge on any atom is 0.191 e. The Bertz CT molecular complexity index is 930. The molecule has 0 aliphatic rings. The number of thioether (sulfide) groups is 1. The molecule has 0 aliphatic heterocycles. The van der Waals surface area contributed by atoms with Gasteiger partial charge in [-0.25, -0.2) is 4.39 Å². The van der Waals surface area contributed by atoms with Gasteiger partial charge in [-0.2, -0.15) is 0 Å². The minimum Gasteiger partial charge on any atom is -0.491 e. The summed E-state index contributed by atoms with van der Waals surface area (Å²) in [4.78, 5) is 0. The van der Waals surface area contributed by atoms with Crippen molar-refractivity contribution in [2.75, 3.05) is 12.4 Å². The maximum absolute atomic E-state index is 14.0. The van der Waals surface area contributed by atoms with Gasteiger partial charge in [0, 0.05) is 12.8 Å². The van der Waals surface area contributed by atoms with E-state index >= 15 is 0 Å². The zero-order chi connectivity index (χ0) is 20.1. The van der Waals surface area contributed by atoms with Gasteiger partial charge in [-0.05, 0) is 29.7 Å². The van der Waals surface area contributed by atoms with Crippen LogP contribution >= 0.6 is 11.8 Å². The molecule has 0 radical (unpaired) electrons. The van der Waals surface area contributed by atoms with E-state index in [4.69, 9.17) is 4.74 Å². The number of aliphatic hydroxyl groups excluding tert-OH is 1. The molecule has 1 heterocycles. The second-order valence-electron chi connectivity index (χ2n) is 6.81. The zero-order valence-electron chi connectivity index (χ0n) is 16.2. The van der Waals surface area contributed by atoms with Crippen LogP contribution in [0.25, 0.3) is 11.4 Å². The lowest BCUT2D eigenvalue weighted by atomic mass is 10.0. The summed E-state index contributed by atoms with van der Waals surface area (Å²) in [6.07, 6.45) is -0.668. The third-order valence-electron chi connectivity index (χ3n) is 4.33. The molecule has 0 saturated carbocycles. The highest BCUT2D eigenvalue weighted by Gasteiger charge is 2.16. The highest BCUT2D eigenvalue weighted by Crippen LogP contribution is 2.27. The average Bonchev–Trinajstić information content (AvgIpc) is 3.05. The van der Waals surface area contributed by atoms with Gasteiger partial charge in [0.05, 0.1) is 11.7 Å². The van der Waals surface area contributed by atoms with E-state index in [9.17, 15) is 9.50 Å². The molecule has 0 bridgehead atoms. The lowest BCUT2D eigenvalue weighted by Gasteiger charge is -2.16. The second kappa shape index (κ2) is 9.21. The van der Waals surface area contributed by atoms with E-state index in [1.807, 2.05) is 24.3 Å². The summed E-state index contributed by atoms with van der Waals surface area (Å²) in [7, 11) is 1.78. The van der Waals surface area contributed by atoms with Crippen molar-refractivity contribution in [1.29, 1.82) is 0 Å². The van der Waals surface area contributed by atoms with Crippen molar-refractivity contribution in [3.8, 4) is 17.1 Å². The molecule has 0 fully saturated rings. The van der Waals surface area contributed by atoms with Gasteiger partial charge in [-0.1, -0.05) is 55.9 Å². The Hall–Kier alpha value is -2.38. The Kier molecular flexibility index (Phi) is 6.70.